The lowest BCUT2D eigenvalue weighted by atomic mass is 10.1. The summed E-state index contributed by atoms with van der Waals surface area (Å²) >= 11 is 7.60. The van der Waals surface area contributed by atoms with Crippen molar-refractivity contribution in [3.8, 4) is 11.3 Å². The van der Waals surface area contributed by atoms with Crippen LogP contribution in [0, 0.1) is 6.92 Å². The SMILES string of the molecule is CCc1ccc(-c2nc(C)sc2CCl)cc1. The summed E-state index contributed by atoms with van der Waals surface area (Å²) in [6, 6.07) is 8.57. The normalized spacial score (nSPS) is 10.7. The van der Waals surface area contributed by atoms with Gasteiger partial charge in [-0.25, -0.2) is 4.98 Å². The Bertz CT molecular complexity index is 473. The van der Waals surface area contributed by atoms with Gasteiger partial charge in [-0.2, -0.15) is 0 Å². The van der Waals surface area contributed by atoms with Crippen molar-refractivity contribution in [3.63, 3.8) is 0 Å². The summed E-state index contributed by atoms with van der Waals surface area (Å²) in [5.41, 5.74) is 3.56. The third-order valence-corrected chi connectivity index (χ3v) is 3.96. The Labute approximate surface area is 105 Å². The number of rotatable bonds is 3. The Balaban J connectivity index is 2.41. The van der Waals surface area contributed by atoms with E-state index in [9.17, 15) is 0 Å². The van der Waals surface area contributed by atoms with Gasteiger partial charge >= 0.3 is 0 Å². The quantitative estimate of drug-likeness (QED) is 0.736. The molecule has 1 aromatic heterocycles. The van der Waals surface area contributed by atoms with Gasteiger partial charge in [0.05, 0.1) is 16.6 Å². The predicted molar refractivity (Wildman–Crippen MR) is 71.2 cm³/mol. The van der Waals surface area contributed by atoms with Gasteiger partial charge < -0.3 is 0 Å². The third-order valence-electron chi connectivity index (χ3n) is 2.56. The van der Waals surface area contributed by atoms with Gasteiger partial charge in [0.25, 0.3) is 0 Å². The van der Waals surface area contributed by atoms with Crippen LogP contribution in [0.25, 0.3) is 11.3 Å². The van der Waals surface area contributed by atoms with E-state index in [2.05, 4.69) is 36.2 Å². The molecule has 3 heteroatoms. The van der Waals surface area contributed by atoms with E-state index in [4.69, 9.17) is 11.6 Å². The standard InChI is InChI=1S/C13H14ClNS/c1-3-10-4-6-11(7-5-10)13-12(8-14)16-9(2)15-13/h4-7H,3,8H2,1-2H3. The van der Waals surface area contributed by atoms with Crippen molar-refractivity contribution >= 4 is 22.9 Å². The first-order chi connectivity index (χ1) is 7.74. The fourth-order valence-corrected chi connectivity index (χ4v) is 2.78. The Kier molecular flexibility index (Phi) is 3.62. The van der Waals surface area contributed by atoms with Gasteiger partial charge in [-0.15, -0.1) is 22.9 Å². The second-order valence-electron chi connectivity index (χ2n) is 3.69. The molecule has 0 saturated heterocycles. The third kappa shape index (κ3) is 2.28. The zero-order valence-electron chi connectivity index (χ0n) is 9.46. The van der Waals surface area contributed by atoms with Crippen molar-refractivity contribution in [2.24, 2.45) is 0 Å². The highest BCUT2D eigenvalue weighted by Gasteiger charge is 2.09. The second-order valence-corrected chi connectivity index (χ2v) is 5.24. The molecule has 0 bridgehead atoms. The van der Waals surface area contributed by atoms with Crippen LogP contribution < -0.4 is 0 Å². The highest BCUT2D eigenvalue weighted by Crippen LogP contribution is 2.29. The molecule has 0 saturated carbocycles. The summed E-state index contributed by atoms with van der Waals surface area (Å²) in [7, 11) is 0. The molecule has 2 rings (SSSR count). The smallest absolute Gasteiger partial charge is 0.0904 e. The van der Waals surface area contributed by atoms with E-state index in [-0.39, 0.29) is 0 Å². The van der Waals surface area contributed by atoms with Crippen LogP contribution in [0.1, 0.15) is 22.4 Å². The molecule has 16 heavy (non-hydrogen) atoms. The van der Waals surface area contributed by atoms with E-state index in [1.54, 1.807) is 11.3 Å². The fraction of sp³-hybridized carbons (Fsp3) is 0.308. The van der Waals surface area contributed by atoms with Gasteiger partial charge in [-0.1, -0.05) is 31.2 Å². The number of nitrogens with zero attached hydrogens (tertiary/aromatic N) is 1. The predicted octanol–water partition coefficient (Wildman–Crippen LogP) is 4.42. The maximum atomic E-state index is 5.92. The van der Waals surface area contributed by atoms with Crippen LogP contribution in [0.15, 0.2) is 24.3 Å². The van der Waals surface area contributed by atoms with E-state index >= 15 is 0 Å². The van der Waals surface area contributed by atoms with Crippen molar-refractivity contribution < 1.29 is 0 Å². The number of aryl methyl sites for hydroxylation is 2. The van der Waals surface area contributed by atoms with Crippen LogP contribution in [0.5, 0.6) is 0 Å². The van der Waals surface area contributed by atoms with E-state index in [0.29, 0.717) is 5.88 Å². The monoisotopic (exact) mass is 251 g/mol. The number of halogens is 1. The topological polar surface area (TPSA) is 12.9 Å². The van der Waals surface area contributed by atoms with Gasteiger partial charge in [0.15, 0.2) is 0 Å². The van der Waals surface area contributed by atoms with E-state index < -0.39 is 0 Å². The molecule has 0 amide bonds. The first-order valence-electron chi connectivity index (χ1n) is 5.36. The Hall–Kier alpha value is -0.860. The van der Waals surface area contributed by atoms with Crippen molar-refractivity contribution in [3.05, 3.63) is 39.7 Å². The molecule has 0 spiro atoms. The van der Waals surface area contributed by atoms with Gasteiger partial charge in [0, 0.05) is 10.4 Å². The lowest BCUT2D eigenvalue weighted by Crippen LogP contribution is -1.84. The van der Waals surface area contributed by atoms with Crippen LogP contribution in [-0.2, 0) is 12.3 Å². The Morgan fingerprint density at radius 1 is 1.25 bits per heavy atom. The molecule has 0 atom stereocenters. The summed E-state index contributed by atoms with van der Waals surface area (Å²) in [4.78, 5) is 5.70. The fourth-order valence-electron chi connectivity index (χ4n) is 1.68. The molecule has 0 aliphatic heterocycles. The number of aromatic nitrogens is 1. The van der Waals surface area contributed by atoms with Crippen molar-refractivity contribution in [1.82, 2.24) is 4.98 Å². The van der Waals surface area contributed by atoms with Crippen molar-refractivity contribution in [1.29, 1.82) is 0 Å². The van der Waals surface area contributed by atoms with Crippen LogP contribution >= 0.6 is 22.9 Å². The molecule has 0 aliphatic rings. The average molecular weight is 252 g/mol. The van der Waals surface area contributed by atoms with Crippen molar-refractivity contribution in [2.75, 3.05) is 0 Å². The molecule has 84 valence electrons. The lowest BCUT2D eigenvalue weighted by molar-refractivity contribution is 1.14. The zero-order valence-corrected chi connectivity index (χ0v) is 11.0. The van der Waals surface area contributed by atoms with Crippen LogP contribution in [0.4, 0.5) is 0 Å². The zero-order chi connectivity index (χ0) is 11.5. The molecule has 1 nitrogen and oxygen atoms in total. The van der Waals surface area contributed by atoms with Crippen LogP contribution in [-0.4, -0.2) is 4.98 Å². The summed E-state index contributed by atoms with van der Waals surface area (Å²) in [6.45, 7) is 4.18. The summed E-state index contributed by atoms with van der Waals surface area (Å²) in [5.74, 6) is 0.538. The molecule has 0 fully saturated rings. The van der Waals surface area contributed by atoms with Gasteiger partial charge in [-0.3, -0.25) is 0 Å². The number of hydrogen-bond donors (Lipinski definition) is 0. The van der Waals surface area contributed by atoms with Crippen LogP contribution in [0.3, 0.4) is 0 Å². The molecule has 1 aromatic carbocycles. The summed E-state index contributed by atoms with van der Waals surface area (Å²) < 4.78 is 0. The largest absolute Gasteiger partial charge is 0.241 e. The first kappa shape index (κ1) is 11.6. The van der Waals surface area contributed by atoms with Gasteiger partial charge in [0.2, 0.25) is 0 Å². The lowest BCUT2D eigenvalue weighted by Gasteiger charge is -2.01. The van der Waals surface area contributed by atoms with E-state index in [1.165, 1.54) is 5.56 Å². The summed E-state index contributed by atoms with van der Waals surface area (Å²) in [6.07, 6.45) is 1.07. The highest BCUT2D eigenvalue weighted by atomic mass is 35.5. The molecule has 0 aliphatic carbocycles. The first-order valence-corrected chi connectivity index (χ1v) is 6.71. The van der Waals surface area contributed by atoms with E-state index in [0.717, 1.165) is 27.6 Å². The maximum Gasteiger partial charge on any atom is 0.0904 e. The van der Waals surface area contributed by atoms with E-state index in [1.807, 2.05) is 6.92 Å². The van der Waals surface area contributed by atoms with Gasteiger partial charge in [-0.05, 0) is 18.9 Å². The molecular weight excluding hydrogens is 238 g/mol. The maximum absolute atomic E-state index is 5.92. The minimum Gasteiger partial charge on any atom is -0.241 e. The molecule has 1 heterocycles. The van der Waals surface area contributed by atoms with Gasteiger partial charge in [0.1, 0.15) is 0 Å². The molecular formula is C13H14ClNS. The molecule has 2 aromatic rings. The number of thiazole rings is 1. The van der Waals surface area contributed by atoms with Crippen molar-refractivity contribution in [2.45, 2.75) is 26.1 Å². The molecule has 0 radical (unpaired) electrons. The number of alkyl halides is 1. The molecule has 0 N–H and O–H groups in total. The second kappa shape index (κ2) is 4.98. The number of benzene rings is 1. The molecule has 0 unspecified atom stereocenters. The minimum atomic E-state index is 0.538. The Morgan fingerprint density at radius 3 is 2.50 bits per heavy atom. The number of hydrogen-bond acceptors (Lipinski definition) is 2. The average Bonchev–Trinajstić information content (AvgIpc) is 2.70. The highest BCUT2D eigenvalue weighted by molar-refractivity contribution is 7.12. The minimum absolute atomic E-state index is 0.538. The van der Waals surface area contributed by atoms with Crippen LogP contribution in [0.2, 0.25) is 0 Å². The Morgan fingerprint density at radius 2 is 1.94 bits per heavy atom. The summed E-state index contributed by atoms with van der Waals surface area (Å²) in [5, 5.41) is 1.07.